The second kappa shape index (κ2) is 20.5. The molecule has 22 heteroatoms. The number of carboxylic acid groups (broad SMARTS) is 3. The molecule has 0 N–H and O–H groups in total. The Labute approximate surface area is 212 Å². The number of hydrogen-bond donors (Lipinski definition) is 0. The molecule has 0 atom stereocenters. The van der Waals surface area contributed by atoms with E-state index in [4.69, 9.17) is 0 Å². The molecule has 37 heavy (non-hydrogen) atoms. The van der Waals surface area contributed by atoms with Gasteiger partial charge in [-0.2, -0.15) is 0 Å². The fourth-order valence-corrected chi connectivity index (χ4v) is 1.35. The van der Waals surface area contributed by atoms with Gasteiger partial charge in [0.05, 0.1) is 19.3 Å². The summed E-state index contributed by atoms with van der Waals surface area (Å²) in [6.45, 7) is -3.13. The second-order valence-electron chi connectivity index (χ2n) is 5.75. The van der Waals surface area contributed by atoms with E-state index < -0.39 is 106 Å². The van der Waals surface area contributed by atoms with E-state index in [9.17, 15) is 88.8 Å². The predicted molar refractivity (Wildman–Crippen MR) is 94.5 cm³/mol. The number of carbonyl (C=O) groups excluding carboxylic acids is 9. The largest absolute Gasteiger partial charge is 3.00 e. The van der Waals surface area contributed by atoms with Gasteiger partial charge in [0.2, 0.25) is 17.3 Å². The van der Waals surface area contributed by atoms with Gasteiger partial charge in [-0.1, -0.05) is 0 Å². The topological polar surface area (TPSA) is 352 Å². The maximum absolute atomic E-state index is 10.4. The van der Waals surface area contributed by atoms with E-state index in [1.54, 1.807) is 0 Å². The van der Waals surface area contributed by atoms with Crippen molar-refractivity contribution in [3.63, 3.8) is 0 Å². The Morgan fingerprint density at radius 1 is 0.432 bits per heavy atom. The van der Waals surface area contributed by atoms with Crippen molar-refractivity contribution >= 4 is 52.6 Å². The fourth-order valence-electron chi connectivity index (χ4n) is 1.35. The van der Waals surface area contributed by atoms with E-state index >= 15 is 0 Å². The Balaban J connectivity index is -0.000000218. The number of carbonyl (C=O) groups is 9. The Bertz CT molecular complexity index is 863. The molecule has 0 aromatic heterocycles. The van der Waals surface area contributed by atoms with Gasteiger partial charge in [0, 0.05) is 14.8 Å². The van der Waals surface area contributed by atoms with Crippen LogP contribution in [0.2, 0.25) is 0 Å². The van der Waals surface area contributed by atoms with Crippen molar-refractivity contribution < 1.29 is 90.0 Å². The van der Waals surface area contributed by atoms with Crippen LogP contribution in [0.1, 0.15) is 19.3 Å². The van der Waals surface area contributed by atoms with Gasteiger partial charge in [0.1, 0.15) is 17.9 Å². The number of ketones is 6. The van der Waals surface area contributed by atoms with Crippen LogP contribution in [0.3, 0.4) is 0 Å². The minimum absolute atomic E-state index is 0. The van der Waals surface area contributed by atoms with Gasteiger partial charge in [-0.05, 0) is 0 Å². The molecular formula is C15H12CoN3O18. The normalized spacial score (nSPS) is 8.76. The molecule has 0 aromatic carbocycles. The molecule has 0 aromatic rings. The first-order valence-corrected chi connectivity index (χ1v) is 8.43. The van der Waals surface area contributed by atoms with Crippen LogP contribution in [0, 0.1) is 30.3 Å². The molecule has 0 aliphatic rings. The predicted octanol–water partition coefficient (Wildman–Crippen LogP) is -7.38. The monoisotopic (exact) mass is 581 g/mol. The Morgan fingerprint density at radius 2 is 0.595 bits per heavy atom. The zero-order valence-electron chi connectivity index (χ0n) is 17.8. The van der Waals surface area contributed by atoms with Gasteiger partial charge in [-0.3, -0.25) is 59.1 Å². The molecule has 0 fully saturated rings. The fraction of sp³-hybridized carbons (Fsp3) is 0.400. The molecule has 0 amide bonds. The van der Waals surface area contributed by atoms with Gasteiger partial charge >= 0.3 is 16.8 Å². The number of hydrogen-bond acceptors (Lipinski definition) is 18. The molecule has 0 heterocycles. The van der Waals surface area contributed by atoms with Crippen LogP contribution in [0.15, 0.2) is 0 Å². The van der Waals surface area contributed by atoms with Crippen LogP contribution in [0.25, 0.3) is 0 Å². The Hall–Kier alpha value is -4.86. The molecule has 204 valence electrons. The number of rotatable bonds is 15. The standard InChI is InChI=1S/3C5H5NO6.Co/c3*7-3(2-6(11)12)1-4(8)5(9)10;/h3*1-2H2,(H,9,10);/q;;;+3/p-3. The molecule has 0 aliphatic heterocycles. The third kappa shape index (κ3) is 27.3. The molecule has 0 spiro atoms. The zero-order chi connectivity index (χ0) is 29.2. The molecule has 0 radical (unpaired) electrons. The molecule has 21 nitrogen and oxygen atoms in total. The second-order valence-corrected chi connectivity index (χ2v) is 5.75. The first-order valence-electron chi connectivity index (χ1n) is 8.43. The van der Waals surface area contributed by atoms with Crippen LogP contribution in [0.4, 0.5) is 0 Å². The van der Waals surface area contributed by atoms with E-state index in [2.05, 4.69) is 0 Å². The summed E-state index contributed by atoms with van der Waals surface area (Å²) in [6.07, 6.45) is -2.95. The average molecular weight is 581 g/mol. The van der Waals surface area contributed by atoms with Gasteiger partial charge in [0.15, 0.2) is 17.3 Å². The third-order valence-corrected chi connectivity index (χ3v) is 2.67. The van der Waals surface area contributed by atoms with E-state index in [1.165, 1.54) is 0 Å². The Kier molecular flexibility index (Phi) is 21.8. The van der Waals surface area contributed by atoms with Crippen molar-refractivity contribution in [1.29, 1.82) is 0 Å². The van der Waals surface area contributed by atoms with Crippen molar-refractivity contribution in [3.8, 4) is 0 Å². The summed E-state index contributed by atoms with van der Waals surface area (Å²) in [5.74, 6) is -13.5. The summed E-state index contributed by atoms with van der Waals surface area (Å²) in [5.41, 5.74) is 0. The number of nitro groups is 3. The molecule has 0 saturated heterocycles. The van der Waals surface area contributed by atoms with E-state index in [0.717, 1.165) is 0 Å². The Morgan fingerprint density at radius 3 is 0.703 bits per heavy atom. The SMILES string of the molecule is O=C(CC(=O)C(=O)[O-])C[N+](=O)[O-].O=C(CC(=O)C(=O)[O-])C[N+](=O)[O-].O=C(CC(=O)C(=O)[O-])C[N+](=O)[O-].[Co+3]. The van der Waals surface area contributed by atoms with Crippen molar-refractivity contribution in [3.05, 3.63) is 30.3 Å². The molecule has 0 saturated carbocycles. The number of carboxylic acids is 3. The minimum atomic E-state index is -2.01. The van der Waals surface area contributed by atoms with Crippen LogP contribution >= 0.6 is 0 Å². The molecule has 0 rings (SSSR count). The summed E-state index contributed by atoms with van der Waals surface area (Å²) in [6, 6.07) is 0. The molecular weight excluding hydrogens is 569 g/mol. The summed E-state index contributed by atoms with van der Waals surface area (Å²) < 4.78 is 0. The molecule has 0 unspecified atom stereocenters. The minimum Gasteiger partial charge on any atom is -0.542 e. The van der Waals surface area contributed by atoms with Crippen LogP contribution in [0.5, 0.6) is 0 Å². The smallest absolute Gasteiger partial charge is 0.542 e. The van der Waals surface area contributed by atoms with Crippen molar-refractivity contribution in [1.82, 2.24) is 0 Å². The third-order valence-electron chi connectivity index (χ3n) is 2.67. The van der Waals surface area contributed by atoms with Gasteiger partial charge in [-0.15, -0.1) is 0 Å². The van der Waals surface area contributed by atoms with Gasteiger partial charge in [0.25, 0.3) is 19.6 Å². The number of nitrogens with zero attached hydrogens (tertiary/aromatic N) is 3. The summed E-state index contributed by atoms with van der Waals surface area (Å²) in [7, 11) is 0. The van der Waals surface area contributed by atoms with E-state index in [0.29, 0.717) is 0 Å². The van der Waals surface area contributed by atoms with Crippen LogP contribution in [-0.2, 0) is 59.9 Å². The van der Waals surface area contributed by atoms with Crippen molar-refractivity contribution in [2.45, 2.75) is 19.3 Å². The summed E-state index contributed by atoms with van der Waals surface area (Å²) in [4.78, 5) is 117. The molecule has 0 aliphatic carbocycles. The van der Waals surface area contributed by atoms with Gasteiger partial charge in [-0.25, -0.2) is 0 Å². The zero-order valence-corrected chi connectivity index (χ0v) is 18.8. The first-order chi connectivity index (χ1) is 16.3. The van der Waals surface area contributed by atoms with E-state index in [-0.39, 0.29) is 16.8 Å². The quantitative estimate of drug-likeness (QED) is 0.0749. The summed E-state index contributed by atoms with van der Waals surface area (Å²) >= 11 is 0. The van der Waals surface area contributed by atoms with Gasteiger partial charge < -0.3 is 29.7 Å². The van der Waals surface area contributed by atoms with Crippen molar-refractivity contribution in [2.75, 3.05) is 19.6 Å². The number of aliphatic carboxylic acids is 3. The number of Topliss-reactive ketones (excluding diaryl/α,β-unsaturated/α-hetero) is 6. The maximum Gasteiger partial charge on any atom is 3.00 e. The first kappa shape index (κ1) is 39.4. The summed E-state index contributed by atoms with van der Waals surface area (Å²) in [5, 5.41) is 58.2. The van der Waals surface area contributed by atoms with Crippen LogP contribution in [-0.4, -0.2) is 87.0 Å². The van der Waals surface area contributed by atoms with Crippen LogP contribution < -0.4 is 15.3 Å². The molecule has 0 bridgehead atoms. The van der Waals surface area contributed by atoms with Crippen molar-refractivity contribution in [2.24, 2.45) is 0 Å². The van der Waals surface area contributed by atoms with E-state index in [1.807, 2.05) is 0 Å². The maximum atomic E-state index is 10.4. The average Bonchev–Trinajstić information content (AvgIpc) is 2.66.